The number of anilines is 1. The Balaban J connectivity index is 1.60. The van der Waals surface area contributed by atoms with Crippen LogP contribution in [0.2, 0.25) is 0 Å². The van der Waals surface area contributed by atoms with Crippen LogP contribution < -0.4 is 19.5 Å². The molecule has 4 rings (SSSR count). The lowest BCUT2D eigenvalue weighted by atomic mass is 9.92. The summed E-state index contributed by atoms with van der Waals surface area (Å²) in [6, 6.07) is 18.7. The molecule has 0 bridgehead atoms. The number of halogens is 1. The molecule has 1 N–H and O–H groups in total. The fourth-order valence-corrected chi connectivity index (χ4v) is 5.02. The molecule has 3 aromatic rings. The number of methoxy groups -OCH3 is 2. The summed E-state index contributed by atoms with van der Waals surface area (Å²) in [5.41, 5.74) is 3.60. The van der Waals surface area contributed by atoms with Crippen LogP contribution in [0.3, 0.4) is 0 Å². The minimum Gasteiger partial charge on any atom is -0.493 e. The number of fused-ring (bicyclic) bond motifs is 1. The van der Waals surface area contributed by atoms with Gasteiger partial charge in [0.1, 0.15) is 12.4 Å². The highest BCUT2D eigenvalue weighted by molar-refractivity contribution is 9.10. The molecule has 0 radical (unpaired) electrons. The molecule has 9 heteroatoms. The third kappa shape index (κ3) is 6.34. The zero-order valence-electron chi connectivity index (χ0n) is 21.0. The molecule has 0 aromatic heterocycles. The highest BCUT2D eigenvalue weighted by Crippen LogP contribution is 2.38. The molecule has 0 spiro atoms. The Morgan fingerprint density at radius 2 is 1.81 bits per heavy atom. The van der Waals surface area contributed by atoms with Gasteiger partial charge in [-0.15, -0.1) is 0 Å². The maximum absolute atomic E-state index is 12.0. The maximum Gasteiger partial charge on any atom is 0.338 e. The fourth-order valence-electron chi connectivity index (χ4n) is 4.29. The third-order valence-electron chi connectivity index (χ3n) is 6.11. The number of esters is 1. The number of hydrogen-bond donors (Lipinski definition) is 1. The van der Waals surface area contributed by atoms with Gasteiger partial charge in [-0.05, 0) is 91.3 Å². The second kappa shape index (κ2) is 12.3. The molecule has 0 fully saturated rings. The second-order valence-electron chi connectivity index (χ2n) is 8.36. The molecule has 1 aliphatic rings. The van der Waals surface area contributed by atoms with Crippen molar-refractivity contribution in [3.63, 3.8) is 0 Å². The largest absolute Gasteiger partial charge is 0.493 e. The van der Waals surface area contributed by atoms with E-state index in [-0.39, 0.29) is 12.0 Å². The SMILES string of the molecule is CCOC(=O)c1ccc(OC[C@@H]2c3cc(OC)c(OC)cc3CCN2C(=S)Nc2cccc(Br)c2)cc1. The molecule has 0 aliphatic carbocycles. The first-order chi connectivity index (χ1) is 17.9. The van der Waals surface area contributed by atoms with Crippen LogP contribution >= 0.6 is 28.1 Å². The van der Waals surface area contributed by atoms with Crippen molar-refractivity contribution >= 4 is 44.9 Å². The molecule has 194 valence electrons. The van der Waals surface area contributed by atoms with Crippen LogP contribution in [-0.2, 0) is 11.2 Å². The molecular weight excluding hydrogens is 556 g/mol. The molecule has 1 heterocycles. The Kier molecular flexibility index (Phi) is 8.89. The minimum absolute atomic E-state index is 0.180. The topological polar surface area (TPSA) is 69.3 Å². The van der Waals surface area contributed by atoms with Crippen molar-refractivity contribution in [2.24, 2.45) is 0 Å². The number of ether oxygens (including phenoxy) is 4. The predicted molar refractivity (Wildman–Crippen MR) is 151 cm³/mol. The van der Waals surface area contributed by atoms with Gasteiger partial charge in [-0.1, -0.05) is 22.0 Å². The lowest BCUT2D eigenvalue weighted by molar-refractivity contribution is 0.0526. The monoisotopic (exact) mass is 584 g/mol. The summed E-state index contributed by atoms with van der Waals surface area (Å²) >= 11 is 9.37. The van der Waals surface area contributed by atoms with Crippen molar-refractivity contribution in [2.45, 2.75) is 19.4 Å². The second-order valence-corrected chi connectivity index (χ2v) is 9.66. The quantitative estimate of drug-likeness (QED) is 0.255. The standard InChI is InChI=1S/C28H29BrN2O5S/c1-4-35-27(32)18-8-10-22(11-9-18)36-17-24-23-16-26(34-3)25(33-2)14-19(23)12-13-31(24)28(37)30-21-7-5-6-20(29)15-21/h5-11,14-16,24H,4,12-13,17H2,1-3H3,(H,30,37)/t24-/m1/s1. The van der Waals surface area contributed by atoms with Crippen LogP contribution in [0.1, 0.15) is 34.5 Å². The molecule has 3 aromatic carbocycles. The summed E-state index contributed by atoms with van der Waals surface area (Å²) in [6.07, 6.45) is 0.792. The summed E-state index contributed by atoms with van der Waals surface area (Å²) in [5, 5.41) is 3.96. The van der Waals surface area contributed by atoms with E-state index in [2.05, 4.69) is 26.1 Å². The first kappa shape index (κ1) is 26.8. The van der Waals surface area contributed by atoms with Gasteiger partial charge in [-0.3, -0.25) is 0 Å². The first-order valence-electron chi connectivity index (χ1n) is 11.9. The first-order valence-corrected chi connectivity index (χ1v) is 13.1. The molecule has 0 unspecified atom stereocenters. The van der Waals surface area contributed by atoms with Gasteiger partial charge in [0.15, 0.2) is 16.6 Å². The van der Waals surface area contributed by atoms with E-state index in [0.29, 0.717) is 47.7 Å². The maximum atomic E-state index is 12.0. The molecule has 1 atom stereocenters. The van der Waals surface area contributed by atoms with E-state index in [4.69, 9.17) is 31.2 Å². The van der Waals surface area contributed by atoms with Crippen LogP contribution in [0.4, 0.5) is 5.69 Å². The zero-order chi connectivity index (χ0) is 26.4. The lowest BCUT2D eigenvalue weighted by Crippen LogP contribution is -2.44. The van der Waals surface area contributed by atoms with E-state index in [9.17, 15) is 4.79 Å². The van der Waals surface area contributed by atoms with Gasteiger partial charge in [-0.2, -0.15) is 0 Å². The van der Waals surface area contributed by atoms with E-state index < -0.39 is 0 Å². The third-order valence-corrected chi connectivity index (χ3v) is 6.94. The normalized spacial score (nSPS) is 14.4. The number of rotatable bonds is 8. The number of hydrogen-bond acceptors (Lipinski definition) is 6. The van der Waals surface area contributed by atoms with Crippen LogP contribution in [0.5, 0.6) is 17.2 Å². The molecule has 7 nitrogen and oxygen atoms in total. The van der Waals surface area contributed by atoms with Gasteiger partial charge in [-0.25, -0.2) is 4.79 Å². The minimum atomic E-state index is -0.355. The Hall–Kier alpha value is -3.30. The number of nitrogens with zero attached hydrogens (tertiary/aromatic N) is 1. The molecule has 0 amide bonds. The van der Waals surface area contributed by atoms with E-state index in [1.165, 1.54) is 0 Å². The fraction of sp³-hybridized carbons (Fsp3) is 0.286. The Morgan fingerprint density at radius 1 is 1.08 bits per heavy atom. The van der Waals surface area contributed by atoms with Crippen LogP contribution in [0.15, 0.2) is 65.1 Å². The van der Waals surface area contributed by atoms with Crippen molar-refractivity contribution in [1.82, 2.24) is 4.90 Å². The van der Waals surface area contributed by atoms with Gasteiger partial charge in [0.25, 0.3) is 0 Å². The zero-order valence-corrected chi connectivity index (χ0v) is 23.4. The average Bonchev–Trinajstić information content (AvgIpc) is 2.91. The Bertz CT molecular complexity index is 1270. The van der Waals surface area contributed by atoms with E-state index in [0.717, 1.165) is 27.7 Å². The molecule has 1 aliphatic heterocycles. The Labute approximate surface area is 230 Å². The van der Waals surface area contributed by atoms with Gasteiger partial charge in [0, 0.05) is 16.7 Å². The number of benzene rings is 3. The summed E-state index contributed by atoms with van der Waals surface area (Å²) in [7, 11) is 3.26. The van der Waals surface area contributed by atoms with Crippen molar-refractivity contribution in [1.29, 1.82) is 0 Å². The molecule has 37 heavy (non-hydrogen) atoms. The van der Waals surface area contributed by atoms with Crippen LogP contribution in [0.25, 0.3) is 0 Å². The number of thiocarbonyl (C=S) groups is 1. The van der Waals surface area contributed by atoms with Gasteiger partial charge in [0.2, 0.25) is 0 Å². The van der Waals surface area contributed by atoms with Crippen molar-refractivity contribution in [3.05, 3.63) is 81.8 Å². The van der Waals surface area contributed by atoms with E-state index in [1.807, 2.05) is 36.4 Å². The highest BCUT2D eigenvalue weighted by atomic mass is 79.9. The van der Waals surface area contributed by atoms with E-state index >= 15 is 0 Å². The molecular formula is C28H29BrN2O5S. The summed E-state index contributed by atoms with van der Waals surface area (Å²) in [5.74, 6) is 1.63. The molecule has 0 saturated carbocycles. The van der Waals surface area contributed by atoms with Gasteiger partial charge >= 0.3 is 5.97 Å². The lowest BCUT2D eigenvalue weighted by Gasteiger charge is -2.39. The molecule has 0 saturated heterocycles. The predicted octanol–water partition coefficient (Wildman–Crippen LogP) is 6.02. The highest BCUT2D eigenvalue weighted by Gasteiger charge is 2.31. The van der Waals surface area contributed by atoms with Gasteiger partial charge in [0.05, 0.1) is 32.4 Å². The van der Waals surface area contributed by atoms with E-state index in [1.54, 1.807) is 45.4 Å². The summed E-state index contributed by atoms with van der Waals surface area (Å²) in [6.45, 7) is 3.15. The summed E-state index contributed by atoms with van der Waals surface area (Å²) < 4.78 is 23.4. The number of nitrogens with one attached hydrogen (secondary N) is 1. The van der Waals surface area contributed by atoms with Gasteiger partial charge < -0.3 is 29.2 Å². The van der Waals surface area contributed by atoms with Crippen LogP contribution in [0, 0.1) is 0 Å². The Morgan fingerprint density at radius 3 is 2.49 bits per heavy atom. The van der Waals surface area contributed by atoms with Crippen molar-refractivity contribution < 1.29 is 23.7 Å². The summed E-state index contributed by atoms with van der Waals surface area (Å²) in [4.78, 5) is 14.1. The van der Waals surface area contributed by atoms with Crippen LogP contribution in [-0.4, -0.2) is 50.0 Å². The number of carbonyl (C=O) groups excluding carboxylic acids is 1. The average molecular weight is 586 g/mol. The van der Waals surface area contributed by atoms with Crippen molar-refractivity contribution in [2.75, 3.05) is 39.3 Å². The van der Waals surface area contributed by atoms with Crippen molar-refractivity contribution in [3.8, 4) is 17.2 Å². The smallest absolute Gasteiger partial charge is 0.338 e. The number of carbonyl (C=O) groups is 1.